The highest BCUT2D eigenvalue weighted by Gasteiger charge is 2.15. The molecular weight excluding hydrogens is 300 g/mol. The number of hydrogen-bond donors (Lipinski definition) is 2. The second-order valence-corrected chi connectivity index (χ2v) is 6.13. The predicted molar refractivity (Wildman–Crippen MR) is 77.2 cm³/mol. The first kappa shape index (κ1) is 14.4. The van der Waals surface area contributed by atoms with Gasteiger partial charge in [-0.05, 0) is 36.4 Å². The number of benzene rings is 2. The maximum Gasteiger partial charge on any atom is 0.261 e. The highest BCUT2D eigenvalue weighted by atomic mass is 35.5. The van der Waals surface area contributed by atoms with Crippen molar-refractivity contribution in [1.82, 2.24) is 0 Å². The fraction of sp³-hybridized carbons (Fsp3) is 0. The minimum Gasteiger partial charge on any atom is -0.366 e. The molecule has 0 aliphatic rings. The smallest absolute Gasteiger partial charge is 0.261 e. The van der Waals surface area contributed by atoms with Crippen molar-refractivity contribution in [3.63, 3.8) is 0 Å². The Kier molecular flexibility index (Phi) is 3.96. The molecule has 2 aromatic carbocycles. The summed E-state index contributed by atoms with van der Waals surface area (Å²) in [6.45, 7) is 0. The second-order valence-electron chi connectivity index (χ2n) is 4.01. The molecule has 3 N–H and O–H groups in total. The van der Waals surface area contributed by atoms with Crippen LogP contribution < -0.4 is 10.5 Å². The van der Waals surface area contributed by atoms with Crippen molar-refractivity contribution in [2.75, 3.05) is 4.72 Å². The van der Waals surface area contributed by atoms with Crippen molar-refractivity contribution in [3.05, 3.63) is 59.1 Å². The lowest BCUT2D eigenvalue weighted by molar-refractivity contribution is 0.1000. The number of hydrogen-bond acceptors (Lipinski definition) is 3. The minimum atomic E-state index is -3.80. The van der Waals surface area contributed by atoms with Gasteiger partial charge in [-0.15, -0.1) is 0 Å². The van der Waals surface area contributed by atoms with E-state index in [9.17, 15) is 13.2 Å². The Hall–Kier alpha value is -2.05. The summed E-state index contributed by atoms with van der Waals surface area (Å²) in [6.07, 6.45) is 0. The van der Waals surface area contributed by atoms with Gasteiger partial charge in [0.15, 0.2) is 0 Å². The van der Waals surface area contributed by atoms with Gasteiger partial charge in [0.05, 0.1) is 10.6 Å². The quantitative estimate of drug-likeness (QED) is 0.907. The Morgan fingerprint density at radius 2 is 1.80 bits per heavy atom. The lowest BCUT2D eigenvalue weighted by atomic mass is 10.2. The van der Waals surface area contributed by atoms with Gasteiger partial charge in [-0.2, -0.15) is 0 Å². The summed E-state index contributed by atoms with van der Waals surface area (Å²) in [4.78, 5) is 11.0. The first-order valence-electron chi connectivity index (χ1n) is 5.57. The molecule has 104 valence electrons. The number of rotatable bonds is 4. The summed E-state index contributed by atoms with van der Waals surface area (Å²) < 4.78 is 26.7. The van der Waals surface area contributed by atoms with Crippen LogP contribution in [0.2, 0.25) is 5.02 Å². The third kappa shape index (κ3) is 3.28. The molecule has 0 bridgehead atoms. The van der Waals surface area contributed by atoms with E-state index >= 15 is 0 Å². The maximum absolute atomic E-state index is 12.2. The Bertz CT molecular complexity index is 760. The van der Waals surface area contributed by atoms with E-state index in [2.05, 4.69) is 4.72 Å². The van der Waals surface area contributed by atoms with E-state index in [0.29, 0.717) is 10.7 Å². The van der Waals surface area contributed by atoms with E-state index in [4.69, 9.17) is 17.3 Å². The van der Waals surface area contributed by atoms with E-state index in [0.717, 1.165) is 0 Å². The Morgan fingerprint density at radius 3 is 2.45 bits per heavy atom. The van der Waals surface area contributed by atoms with Crippen LogP contribution >= 0.6 is 11.6 Å². The van der Waals surface area contributed by atoms with Crippen molar-refractivity contribution >= 4 is 33.2 Å². The van der Waals surface area contributed by atoms with Crippen molar-refractivity contribution < 1.29 is 13.2 Å². The van der Waals surface area contributed by atoms with Crippen LogP contribution in [0.5, 0.6) is 0 Å². The van der Waals surface area contributed by atoms with Crippen molar-refractivity contribution in [1.29, 1.82) is 0 Å². The van der Waals surface area contributed by atoms with Gasteiger partial charge in [-0.25, -0.2) is 8.42 Å². The van der Waals surface area contributed by atoms with Crippen molar-refractivity contribution in [3.8, 4) is 0 Å². The number of carbonyl (C=O) groups is 1. The van der Waals surface area contributed by atoms with Crippen LogP contribution in [-0.4, -0.2) is 14.3 Å². The molecule has 0 aromatic heterocycles. The van der Waals surface area contributed by atoms with Gasteiger partial charge < -0.3 is 5.73 Å². The van der Waals surface area contributed by atoms with E-state index in [-0.39, 0.29) is 10.5 Å². The summed E-state index contributed by atoms with van der Waals surface area (Å²) in [5.41, 5.74) is 5.59. The second kappa shape index (κ2) is 5.52. The molecule has 2 aromatic rings. The molecule has 0 heterocycles. The Morgan fingerprint density at radius 1 is 1.10 bits per heavy atom. The molecule has 0 fully saturated rings. The average molecular weight is 311 g/mol. The highest BCUT2D eigenvalue weighted by Crippen LogP contribution is 2.20. The molecule has 0 atom stereocenters. The van der Waals surface area contributed by atoms with Gasteiger partial charge in [0.2, 0.25) is 5.91 Å². The normalized spacial score (nSPS) is 11.1. The van der Waals surface area contributed by atoms with Crippen LogP contribution in [0.1, 0.15) is 10.4 Å². The number of sulfonamides is 1. The van der Waals surface area contributed by atoms with Gasteiger partial charge in [0.1, 0.15) is 0 Å². The van der Waals surface area contributed by atoms with Crippen LogP contribution in [-0.2, 0) is 10.0 Å². The molecule has 2 rings (SSSR count). The number of carbonyl (C=O) groups excluding carboxylic acids is 1. The molecule has 0 unspecified atom stereocenters. The molecule has 0 saturated carbocycles. The first-order chi connectivity index (χ1) is 9.38. The van der Waals surface area contributed by atoms with Crippen LogP contribution in [0, 0.1) is 0 Å². The lowest BCUT2D eigenvalue weighted by Gasteiger charge is -2.09. The predicted octanol–water partition coefficient (Wildman–Crippen LogP) is 2.24. The van der Waals surface area contributed by atoms with E-state index in [1.54, 1.807) is 18.2 Å². The Labute approximate surface area is 121 Å². The monoisotopic (exact) mass is 310 g/mol. The van der Waals surface area contributed by atoms with E-state index < -0.39 is 15.9 Å². The molecule has 0 aliphatic carbocycles. The fourth-order valence-corrected chi connectivity index (χ4v) is 2.87. The zero-order chi connectivity index (χ0) is 14.8. The number of anilines is 1. The van der Waals surface area contributed by atoms with Gasteiger partial charge in [0, 0.05) is 10.6 Å². The summed E-state index contributed by atoms with van der Waals surface area (Å²) in [5, 5.41) is 0.413. The number of nitrogens with one attached hydrogen (secondary N) is 1. The number of amides is 1. The number of halogens is 1. The van der Waals surface area contributed by atoms with Gasteiger partial charge >= 0.3 is 0 Å². The van der Waals surface area contributed by atoms with Gasteiger partial charge in [0.25, 0.3) is 10.0 Å². The third-order valence-corrected chi connectivity index (χ3v) is 4.12. The maximum atomic E-state index is 12.2. The molecule has 1 amide bonds. The lowest BCUT2D eigenvalue weighted by Crippen LogP contribution is -2.15. The molecule has 7 heteroatoms. The van der Waals surface area contributed by atoms with Crippen LogP contribution in [0.3, 0.4) is 0 Å². The highest BCUT2D eigenvalue weighted by molar-refractivity contribution is 7.92. The first-order valence-corrected chi connectivity index (χ1v) is 7.43. The molecular formula is C13H11ClN2O3S. The molecule has 0 aliphatic heterocycles. The van der Waals surface area contributed by atoms with Crippen molar-refractivity contribution in [2.24, 2.45) is 5.73 Å². The zero-order valence-corrected chi connectivity index (χ0v) is 11.8. The third-order valence-electron chi connectivity index (χ3n) is 2.51. The van der Waals surface area contributed by atoms with Crippen molar-refractivity contribution in [2.45, 2.75) is 4.90 Å². The summed E-state index contributed by atoms with van der Waals surface area (Å²) in [6, 6.07) is 11.8. The standard InChI is InChI=1S/C13H11ClN2O3S/c14-10-4-2-5-11(8-10)16-20(18,19)12-6-1-3-9(7-12)13(15)17/h1-8,16H,(H2,15,17). The van der Waals surface area contributed by atoms with E-state index in [1.165, 1.54) is 30.3 Å². The topological polar surface area (TPSA) is 89.3 Å². The van der Waals surface area contributed by atoms with E-state index in [1.807, 2.05) is 0 Å². The Balaban J connectivity index is 2.35. The summed E-state index contributed by atoms with van der Waals surface area (Å²) in [5.74, 6) is -0.690. The number of nitrogens with two attached hydrogens (primary N) is 1. The molecule has 0 spiro atoms. The number of primary amides is 1. The minimum absolute atomic E-state index is 0.0474. The van der Waals surface area contributed by atoms with Crippen LogP contribution in [0.4, 0.5) is 5.69 Å². The molecule has 0 saturated heterocycles. The zero-order valence-electron chi connectivity index (χ0n) is 10.2. The SMILES string of the molecule is NC(=O)c1cccc(S(=O)(=O)Nc2cccc(Cl)c2)c1. The molecule has 5 nitrogen and oxygen atoms in total. The van der Waals surface area contributed by atoms with Gasteiger partial charge in [-0.1, -0.05) is 23.7 Å². The van der Waals surface area contributed by atoms with Crippen LogP contribution in [0.15, 0.2) is 53.4 Å². The summed E-state index contributed by atoms with van der Waals surface area (Å²) >= 11 is 5.79. The average Bonchev–Trinajstić information content (AvgIpc) is 2.38. The van der Waals surface area contributed by atoms with Gasteiger partial charge in [-0.3, -0.25) is 9.52 Å². The van der Waals surface area contributed by atoms with Crippen LogP contribution in [0.25, 0.3) is 0 Å². The summed E-state index contributed by atoms with van der Waals surface area (Å²) in [7, 11) is -3.80. The molecule has 20 heavy (non-hydrogen) atoms. The largest absolute Gasteiger partial charge is 0.366 e. The molecule has 0 radical (unpaired) electrons. The fourth-order valence-electron chi connectivity index (χ4n) is 1.58.